The smallest absolute Gasteiger partial charge is 0.203 e. The second-order valence-corrected chi connectivity index (χ2v) is 13.2. The van der Waals surface area contributed by atoms with Gasteiger partial charge < -0.3 is 9.47 Å². The molecule has 0 radical (unpaired) electrons. The first kappa shape index (κ1) is 30.6. The van der Waals surface area contributed by atoms with Crippen LogP contribution in [0.1, 0.15) is 115 Å². The number of hydrogen-bond acceptors (Lipinski definition) is 8. The van der Waals surface area contributed by atoms with E-state index in [9.17, 15) is 5.26 Å². The molecule has 41 heavy (non-hydrogen) atoms. The van der Waals surface area contributed by atoms with E-state index in [-0.39, 0.29) is 23.3 Å². The second kappa shape index (κ2) is 14.5. The van der Waals surface area contributed by atoms with Crippen molar-refractivity contribution in [2.45, 2.75) is 133 Å². The molecule has 5 rings (SSSR count). The van der Waals surface area contributed by atoms with Crippen LogP contribution in [0.2, 0.25) is 0 Å². The first-order chi connectivity index (χ1) is 20.0. The number of nitriles is 1. The van der Waals surface area contributed by atoms with Crippen LogP contribution >= 0.6 is 11.6 Å². The van der Waals surface area contributed by atoms with Crippen LogP contribution in [0.4, 0.5) is 0 Å². The predicted molar refractivity (Wildman–Crippen MR) is 162 cm³/mol. The van der Waals surface area contributed by atoms with Crippen LogP contribution < -0.4 is 0 Å². The Balaban J connectivity index is 1.21. The Labute approximate surface area is 250 Å². The molecule has 0 bridgehead atoms. The Morgan fingerprint density at radius 1 is 1.02 bits per heavy atom. The summed E-state index contributed by atoms with van der Waals surface area (Å²) in [5, 5.41) is 19.0. The van der Waals surface area contributed by atoms with E-state index in [2.05, 4.69) is 29.9 Å². The molecule has 3 aliphatic carbocycles. The van der Waals surface area contributed by atoms with Gasteiger partial charge in [0.05, 0.1) is 36.6 Å². The summed E-state index contributed by atoms with van der Waals surface area (Å²) >= 11 is 6.83. The molecule has 2 heterocycles. The van der Waals surface area contributed by atoms with Gasteiger partial charge in [0.2, 0.25) is 5.82 Å². The first-order valence-electron chi connectivity index (χ1n) is 16.0. The first-order valence-corrected chi connectivity index (χ1v) is 16.4. The van der Waals surface area contributed by atoms with Crippen LogP contribution in [-0.2, 0) is 9.47 Å². The number of fused-ring (bicyclic) bond motifs is 1. The molecule has 2 atom stereocenters. The van der Waals surface area contributed by atoms with Crippen LogP contribution in [0.15, 0.2) is 10.1 Å². The van der Waals surface area contributed by atoms with Gasteiger partial charge in [0.1, 0.15) is 5.71 Å². The molecule has 226 valence electrons. The molecule has 0 amide bonds. The number of methoxy groups -OCH3 is 1. The van der Waals surface area contributed by atoms with Crippen molar-refractivity contribution in [2.24, 2.45) is 16.0 Å². The van der Waals surface area contributed by atoms with E-state index in [1.165, 1.54) is 12.8 Å². The summed E-state index contributed by atoms with van der Waals surface area (Å²) in [6.07, 6.45) is 14.2. The van der Waals surface area contributed by atoms with E-state index in [0.717, 1.165) is 107 Å². The summed E-state index contributed by atoms with van der Waals surface area (Å²) in [5.41, 5.74) is 1.91. The predicted octanol–water partition coefficient (Wildman–Crippen LogP) is 5.71. The third-order valence-corrected chi connectivity index (χ3v) is 10.0. The van der Waals surface area contributed by atoms with Gasteiger partial charge in [0, 0.05) is 49.9 Å². The third kappa shape index (κ3) is 7.57. The molecule has 0 saturated heterocycles. The van der Waals surface area contributed by atoms with Crippen molar-refractivity contribution >= 4 is 23.0 Å². The Bertz CT molecular complexity index is 1100. The molecular weight excluding hydrogens is 538 g/mol. The highest BCUT2D eigenvalue weighted by molar-refractivity contribution is 6.50. The highest BCUT2D eigenvalue weighted by atomic mass is 35.5. The number of aromatic nitrogens is 3. The summed E-state index contributed by atoms with van der Waals surface area (Å²) in [7, 11) is 1.81. The zero-order chi connectivity index (χ0) is 28.8. The number of aliphatic imine (C=N–C) groups is 1. The molecule has 1 aromatic heterocycles. The maximum Gasteiger partial charge on any atom is 0.203 e. The Kier molecular flexibility index (Phi) is 10.9. The minimum atomic E-state index is 0.0866. The van der Waals surface area contributed by atoms with Gasteiger partial charge >= 0.3 is 0 Å². The zero-order valence-electron chi connectivity index (χ0n) is 25.2. The topological polar surface area (TPSA) is 101 Å². The standard InChI is InChI=1S/C31H48ClN7O2/c1-21(2)30-35-31-29(28(36-39(31)37-30)26-7-4-5-8-27(26)32)34-22-9-11-23(12-10-22)38(18-6-17-33)19-20-41-25-15-13-24(40-3)14-16-25/h21-27H,4-16,18-20H2,1-3H3. The van der Waals surface area contributed by atoms with Crippen molar-refractivity contribution in [3.63, 3.8) is 0 Å². The lowest BCUT2D eigenvalue weighted by Gasteiger charge is -2.36. The Hall–Kier alpha value is -1.86. The summed E-state index contributed by atoms with van der Waals surface area (Å²) in [6, 6.07) is 3.05. The lowest BCUT2D eigenvalue weighted by Crippen LogP contribution is -2.42. The molecule has 0 spiro atoms. The fourth-order valence-corrected chi connectivity index (χ4v) is 7.39. The number of nitrogens with zero attached hydrogens (tertiary/aromatic N) is 7. The molecule has 10 heteroatoms. The molecule has 9 nitrogen and oxygen atoms in total. The van der Waals surface area contributed by atoms with Gasteiger partial charge in [-0.05, 0) is 64.2 Å². The highest BCUT2D eigenvalue weighted by Gasteiger charge is 2.38. The molecule has 3 saturated carbocycles. The van der Waals surface area contributed by atoms with Gasteiger partial charge in [-0.2, -0.15) is 10.4 Å². The van der Waals surface area contributed by atoms with E-state index < -0.39 is 0 Å². The number of hydrogen-bond donors (Lipinski definition) is 0. The minimum Gasteiger partial charge on any atom is -0.381 e. The van der Waals surface area contributed by atoms with Crippen molar-refractivity contribution in [3.8, 4) is 6.07 Å². The van der Waals surface area contributed by atoms with E-state index in [0.29, 0.717) is 24.7 Å². The minimum absolute atomic E-state index is 0.0866. The van der Waals surface area contributed by atoms with E-state index >= 15 is 0 Å². The van der Waals surface area contributed by atoms with E-state index in [4.69, 9.17) is 36.2 Å². The fourth-order valence-electron chi connectivity index (χ4n) is 6.99. The van der Waals surface area contributed by atoms with Crippen LogP contribution in [-0.4, -0.2) is 87.7 Å². The molecule has 4 aliphatic rings. The number of halogens is 1. The van der Waals surface area contributed by atoms with Gasteiger partial charge in [0.25, 0.3) is 0 Å². The maximum atomic E-state index is 9.29. The van der Waals surface area contributed by atoms with Crippen LogP contribution in [0.5, 0.6) is 0 Å². The quantitative estimate of drug-likeness (QED) is 0.308. The molecule has 1 aliphatic heterocycles. The lowest BCUT2D eigenvalue weighted by atomic mass is 9.83. The SMILES string of the molecule is COC1CCC(OCCN(CCC#N)C2CCC(N=C3C(C4CCCCC4Cl)=Nn4nc(C(C)C)nc43)CC2)CC1. The normalized spacial score (nSPS) is 31.4. The van der Waals surface area contributed by atoms with Crippen LogP contribution in [0.25, 0.3) is 0 Å². The molecular formula is C31H48ClN7O2. The van der Waals surface area contributed by atoms with Crippen molar-refractivity contribution in [2.75, 3.05) is 26.8 Å². The van der Waals surface area contributed by atoms with Gasteiger partial charge in [0.15, 0.2) is 5.82 Å². The van der Waals surface area contributed by atoms with Gasteiger partial charge in [-0.25, -0.2) is 4.98 Å². The Morgan fingerprint density at radius 2 is 1.76 bits per heavy atom. The maximum absolute atomic E-state index is 9.29. The highest BCUT2D eigenvalue weighted by Crippen LogP contribution is 2.34. The van der Waals surface area contributed by atoms with Crippen molar-refractivity contribution < 1.29 is 9.47 Å². The van der Waals surface area contributed by atoms with Crippen molar-refractivity contribution in [1.29, 1.82) is 5.26 Å². The monoisotopic (exact) mass is 585 g/mol. The number of rotatable bonds is 11. The van der Waals surface area contributed by atoms with Crippen molar-refractivity contribution in [3.05, 3.63) is 11.6 Å². The van der Waals surface area contributed by atoms with Gasteiger partial charge in [-0.3, -0.25) is 9.89 Å². The summed E-state index contributed by atoms with van der Waals surface area (Å²) < 4.78 is 11.8. The average molecular weight is 586 g/mol. The molecule has 2 unspecified atom stereocenters. The summed E-state index contributed by atoms with van der Waals surface area (Å²) in [4.78, 5) is 14.4. The van der Waals surface area contributed by atoms with Crippen LogP contribution in [0, 0.1) is 17.2 Å². The number of ether oxygens (including phenoxy) is 2. The molecule has 3 fully saturated rings. The van der Waals surface area contributed by atoms with Crippen LogP contribution in [0.3, 0.4) is 0 Å². The number of alkyl halides is 1. The summed E-state index contributed by atoms with van der Waals surface area (Å²) in [6.45, 7) is 6.63. The zero-order valence-corrected chi connectivity index (χ0v) is 25.9. The lowest BCUT2D eigenvalue weighted by molar-refractivity contribution is -0.0258. The third-order valence-electron chi connectivity index (χ3n) is 9.50. The molecule has 0 aromatic carbocycles. The van der Waals surface area contributed by atoms with E-state index in [1.54, 1.807) is 11.9 Å². The van der Waals surface area contributed by atoms with Gasteiger partial charge in [-0.15, -0.1) is 21.5 Å². The largest absolute Gasteiger partial charge is 0.381 e. The van der Waals surface area contributed by atoms with Gasteiger partial charge in [-0.1, -0.05) is 26.7 Å². The second-order valence-electron chi connectivity index (χ2n) is 12.6. The molecule has 0 N–H and O–H groups in total. The summed E-state index contributed by atoms with van der Waals surface area (Å²) in [5.74, 6) is 2.04. The fraction of sp³-hybridized carbons (Fsp3) is 0.839. The average Bonchev–Trinajstić information content (AvgIpc) is 3.55. The van der Waals surface area contributed by atoms with Crippen molar-refractivity contribution in [1.82, 2.24) is 19.8 Å². The Morgan fingerprint density at radius 3 is 2.44 bits per heavy atom. The van der Waals surface area contributed by atoms with E-state index in [1.807, 2.05) is 0 Å². The molecule has 1 aromatic rings.